The fourth-order valence-electron chi connectivity index (χ4n) is 1.76. The van der Waals surface area contributed by atoms with Gasteiger partial charge in [-0.25, -0.2) is 4.39 Å². The Bertz CT molecular complexity index is 369. The topological polar surface area (TPSA) is 46.2 Å². The minimum absolute atomic E-state index is 0.228. The van der Waals surface area contributed by atoms with Gasteiger partial charge in [0.2, 0.25) is 0 Å². The van der Waals surface area contributed by atoms with E-state index in [9.17, 15) is 9.50 Å². The van der Waals surface area contributed by atoms with Crippen molar-refractivity contribution in [1.29, 1.82) is 0 Å². The van der Waals surface area contributed by atoms with E-state index in [1.54, 1.807) is 6.07 Å². The van der Waals surface area contributed by atoms with Gasteiger partial charge in [-0.2, -0.15) is 0 Å². The van der Waals surface area contributed by atoms with Crippen molar-refractivity contribution in [1.82, 2.24) is 0 Å². The predicted molar refractivity (Wildman–Crippen MR) is 55.7 cm³/mol. The SMILES string of the molecule is NC[C@@H]1C[C@H]1c1cc(Br)cc(F)c1O. The van der Waals surface area contributed by atoms with E-state index in [1.807, 2.05) is 0 Å². The molecule has 0 bridgehead atoms. The number of nitrogens with two attached hydrogens (primary N) is 1. The summed E-state index contributed by atoms with van der Waals surface area (Å²) in [5, 5.41) is 9.51. The molecule has 3 N–H and O–H groups in total. The fraction of sp³-hybridized carbons (Fsp3) is 0.400. The molecule has 1 aliphatic carbocycles. The van der Waals surface area contributed by atoms with Crippen LogP contribution in [0.2, 0.25) is 0 Å². The molecule has 1 aromatic rings. The smallest absolute Gasteiger partial charge is 0.166 e. The van der Waals surface area contributed by atoms with Crippen LogP contribution in [-0.4, -0.2) is 11.7 Å². The first kappa shape index (κ1) is 9.93. The maximum atomic E-state index is 13.1. The summed E-state index contributed by atoms with van der Waals surface area (Å²) in [5.41, 5.74) is 6.17. The highest BCUT2D eigenvalue weighted by atomic mass is 79.9. The minimum atomic E-state index is -0.572. The molecule has 0 saturated heterocycles. The van der Waals surface area contributed by atoms with Crippen LogP contribution in [0.1, 0.15) is 17.9 Å². The van der Waals surface area contributed by atoms with Crippen LogP contribution in [0, 0.1) is 11.7 Å². The van der Waals surface area contributed by atoms with Gasteiger partial charge in [0.05, 0.1) is 0 Å². The van der Waals surface area contributed by atoms with E-state index in [0.717, 1.165) is 6.42 Å². The van der Waals surface area contributed by atoms with Gasteiger partial charge in [0.1, 0.15) is 0 Å². The molecular formula is C10H11BrFNO. The van der Waals surface area contributed by atoms with Gasteiger partial charge in [-0.3, -0.25) is 0 Å². The number of aromatic hydroxyl groups is 1. The summed E-state index contributed by atoms with van der Waals surface area (Å²) in [5.74, 6) is -0.173. The maximum Gasteiger partial charge on any atom is 0.166 e. The molecule has 0 spiro atoms. The number of hydrogen-bond donors (Lipinski definition) is 2. The molecule has 4 heteroatoms. The maximum absolute atomic E-state index is 13.1. The highest BCUT2D eigenvalue weighted by molar-refractivity contribution is 9.10. The largest absolute Gasteiger partial charge is 0.505 e. The van der Waals surface area contributed by atoms with Crippen molar-refractivity contribution in [2.45, 2.75) is 12.3 Å². The van der Waals surface area contributed by atoms with E-state index in [1.165, 1.54) is 6.07 Å². The molecule has 1 aliphatic rings. The Morgan fingerprint density at radius 1 is 1.57 bits per heavy atom. The van der Waals surface area contributed by atoms with Crippen LogP contribution in [0.5, 0.6) is 5.75 Å². The van der Waals surface area contributed by atoms with Gasteiger partial charge >= 0.3 is 0 Å². The Morgan fingerprint density at radius 3 is 2.86 bits per heavy atom. The molecule has 0 aliphatic heterocycles. The van der Waals surface area contributed by atoms with Gasteiger partial charge in [-0.1, -0.05) is 15.9 Å². The molecule has 0 unspecified atom stereocenters. The average Bonchev–Trinajstić information content (AvgIpc) is 2.90. The van der Waals surface area contributed by atoms with Crippen molar-refractivity contribution in [2.75, 3.05) is 6.54 Å². The Morgan fingerprint density at radius 2 is 2.29 bits per heavy atom. The van der Waals surface area contributed by atoms with Gasteiger partial charge in [0, 0.05) is 10.0 Å². The van der Waals surface area contributed by atoms with Crippen molar-refractivity contribution in [3.8, 4) is 5.75 Å². The minimum Gasteiger partial charge on any atom is -0.505 e. The lowest BCUT2D eigenvalue weighted by Crippen LogP contribution is -2.02. The molecule has 76 valence electrons. The average molecular weight is 260 g/mol. The first-order valence-electron chi connectivity index (χ1n) is 4.51. The van der Waals surface area contributed by atoms with Crippen LogP contribution in [0.3, 0.4) is 0 Å². The molecule has 14 heavy (non-hydrogen) atoms. The van der Waals surface area contributed by atoms with Gasteiger partial charge in [-0.15, -0.1) is 0 Å². The zero-order valence-corrected chi connectivity index (χ0v) is 9.09. The molecule has 2 atom stereocenters. The van der Waals surface area contributed by atoms with Gasteiger partial charge in [-0.05, 0) is 36.9 Å². The first-order valence-corrected chi connectivity index (χ1v) is 5.30. The zero-order valence-electron chi connectivity index (χ0n) is 7.50. The van der Waals surface area contributed by atoms with Crippen molar-refractivity contribution >= 4 is 15.9 Å². The van der Waals surface area contributed by atoms with Gasteiger partial charge < -0.3 is 10.8 Å². The van der Waals surface area contributed by atoms with E-state index in [0.29, 0.717) is 22.5 Å². The summed E-state index contributed by atoms with van der Waals surface area (Å²) in [7, 11) is 0. The third-order valence-electron chi connectivity index (χ3n) is 2.68. The molecule has 0 amide bonds. The number of rotatable bonds is 2. The summed E-state index contributed by atoms with van der Waals surface area (Å²) in [6.07, 6.45) is 0.944. The second kappa shape index (κ2) is 3.51. The molecule has 1 saturated carbocycles. The number of phenolic OH excluding ortho intramolecular Hbond substituents is 1. The van der Waals surface area contributed by atoms with Crippen LogP contribution < -0.4 is 5.73 Å². The monoisotopic (exact) mass is 259 g/mol. The molecule has 2 nitrogen and oxygen atoms in total. The molecule has 0 aromatic heterocycles. The van der Waals surface area contributed by atoms with Crippen molar-refractivity contribution in [3.05, 3.63) is 28.0 Å². The molecule has 1 fully saturated rings. The van der Waals surface area contributed by atoms with E-state index in [-0.39, 0.29) is 11.7 Å². The number of hydrogen-bond acceptors (Lipinski definition) is 2. The van der Waals surface area contributed by atoms with Crippen LogP contribution in [0.15, 0.2) is 16.6 Å². The summed E-state index contributed by atoms with van der Waals surface area (Å²) >= 11 is 3.20. The summed E-state index contributed by atoms with van der Waals surface area (Å²) < 4.78 is 13.8. The predicted octanol–water partition coefficient (Wildman–Crippen LogP) is 2.36. The lowest BCUT2D eigenvalue weighted by atomic mass is 10.1. The van der Waals surface area contributed by atoms with Crippen LogP contribution in [0.4, 0.5) is 4.39 Å². The molecular weight excluding hydrogens is 249 g/mol. The quantitative estimate of drug-likeness (QED) is 0.857. The highest BCUT2D eigenvalue weighted by Gasteiger charge is 2.39. The van der Waals surface area contributed by atoms with Crippen LogP contribution in [-0.2, 0) is 0 Å². The van der Waals surface area contributed by atoms with Crippen molar-refractivity contribution in [2.24, 2.45) is 11.7 Å². The Hall–Kier alpha value is -0.610. The number of halogens is 2. The highest BCUT2D eigenvalue weighted by Crippen LogP contribution is 2.50. The standard InChI is InChI=1S/C10H11BrFNO/c11-6-2-8(7-1-5(7)4-13)10(14)9(12)3-6/h2-3,5,7,14H,1,4,13H2/t5-,7+/m0/s1. The second-order valence-corrected chi connectivity index (χ2v) is 4.58. The Labute approximate surface area is 90.1 Å². The molecule has 0 heterocycles. The second-order valence-electron chi connectivity index (χ2n) is 3.66. The normalized spacial score (nSPS) is 25.1. The first-order chi connectivity index (χ1) is 6.63. The Kier molecular flexibility index (Phi) is 2.49. The summed E-state index contributed by atoms with van der Waals surface area (Å²) in [4.78, 5) is 0. The van der Waals surface area contributed by atoms with Crippen molar-refractivity contribution < 1.29 is 9.50 Å². The summed E-state index contributed by atoms with van der Waals surface area (Å²) in [6, 6.07) is 3.03. The summed E-state index contributed by atoms with van der Waals surface area (Å²) in [6.45, 7) is 0.595. The van der Waals surface area contributed by atoms with Crippen LogP contribution >= 0.6 is 15.9 Å². The Balaban J connectivity index is 2.34. The van der Waals surface area contributed by atoms with E-state index >= 15 is 0 Å². The van der Waals surface area contributed by atoms with E-state index < -0.39 is 5.82 Å². The fourth-order valence-corrected chi connectivity index (χ4v) is 2.21. The number of phenols is 1. The third-order valence-corrected chi connectivity index (χ3v) is 3.14. The molecule has 2 rings (SSSR count). The number of benzene rings is 1. The van der Waals surface area contributed by atoms with Gasteiger partial charge in [0.25, 0.3) is 0 Å². The van der Waals surface area contributed by atoms with Crippen molar-refractivity contribution in [3.63, 3.8) is 0 Å². The van der Waals surface area contributed by atoms with Gasteiger partial charge in [0.15, 0.2) is 11.6 Å². The third kappa shape index (κ3) is 1.64. The lowest BCUT2D eigenvalue weighted by Gasteiger charge is -2.05. The molecule has 0 radical (unpaired) electrons. The zero-order chi connectivity index (χ0) is 10.3. The lowest BCUT2D eigenvalue weighted by molar-refractivity contribution is 0.425. The molecule has 1 aromatic carbocycles. The van der Waals surface area contributed by atoms with Crippen LogP contribution in [0.25, 0.3) is 0 Å². The van der Waals surface area contributed by atoms with E-state index in [2.05, 4.69) is 15.9 Å². The van der Waals surface area contributed by atoms with E-state index in [4.69, 9.17) is 5.73 Å².